The van der Waals surface area contributed by atoms with E-state index in [1.807, 2.05) is 0 Å². The summed E-state index contributed by atoms with van der Waals surface area (Å²) in [7, 11) is 0. The summed E-state index contributed by atoms with van der Waals surface area (Å²) in [6, 6.07) is 6.94. The molecule has 1 aromatic heterocycles. The van der Waals surface area contributed by atoms with Crippen molar-refractivity contribution in [3.05, 3.63) is 46.3 Å². The number of hydrogen-bond donors (Lipinski definition) is 2. The van der Waals surface area contributed by atoms with Gasteiger partial charge in [0.25, 0.3) is 0 Å². The topological polar surface area (TPSA) is 63.8 Å². The summed E-state index contributed by atoms with van der Waals surface area (Å²) in [5, 5.41) is 4.20. The lowest BCUT2D eigenvalue weighted by Gasteiger charge is -2.08. The van der Waals surface area contributed by atoms with Crippen LogP contribution in [0.1, 0.15) is 5.82 Å². The van der Waals surface area contributed by atoms with Gasteiger partial charge in [-0.1, -0.05) is 23.2 Å². The van der Waals surface area contributed by atoms with E-state index in [1.165, 1.54) is 0 Å². The highest BCUT2D eigenvalue weighted by Gasteiger charge is 2.03. The van der Waals surface area contributed by atoms with Crippen LogP contribution in [0.4, 0.5) is 11.5 Å². The molecular formula is C11H10Cl2N4. The Hall–Kier alpha value is -1.36. The molecule has 88 valence electrons. The zero-order valence-electron chi connectivity index (χ0n) is 8.82. The summed E-state index contributed by atoms with van der Waals surface area (Å²) >= 11 is 11.9. The first kappa shape index (κ1) is 12.1. The van der Waals surface area contributed by atoms with E-state index in [2.05, 4.69) is 15.3 Å². The largest absolute Gasteiger partial charge is 0.339 e. The van der Waals surface area contributed by atoms with Gasteiger partial charge in [-0.05, 0) is 24.3 Å². The number of rotatable bonds is 3. The van der Waals surface area contributed by atoms with Crippen LogP contribution in [-0.2, 0) is 6.54 Å². The molecule has 3 N–H and O–H groups in total. The normalized spacial score (nSPS) is 10.3. The molecule has 17 heavy (non-hydrogen) atoms. The molecule has 0 fully saturated rings. The van der Waals surface area contributed by atoms with Gasteiger partial charge in [-0.2, -0.15) is 0 Å². The van der Waals surface area contributed by atoms with E-state index in [4.69, 9.17) is 28.9 Å². The van der Waals surface area contributed by atoms with Gasteiger partial charge in [0.15, 0.2) is 0 Å². The molecule has 6 heteroatoms. The first-order valence-corrected chi connectivity index (χ1v) is 5.68. The van der Waals surface area contributed by atoms with Crippen molar-refractivity contribution in [1.29, 1.82) is 0 Å². The number of nitrogens with two attached hydrogens (primary N) is 1. The van der Waals surface area contributed by atoms with Crippen LogP contribution < -0.4 is 11.1 Å². The van der Waals surface area contributed by atoms with E-state index in [0.717, 1.165) is 5.69 Å². The van der Waals surface area contributed by atoms with E-state index in [1.54, 1.807) is 30.5 Å². The second-order valence-electron chi connectivity index (χ2n) is 3.31. The monoisotopic (exact) mass is 268 g/mol. The number of halogens is 2. The second kappa shape index (κ2) is 5.31. The van der Waals surface area contributed by atoms with E-state index >= 15 is 0 Å². The van der Waals surface area contributed by atoms with Crippen LogP contribution >= 0.6 is 23.2 Å². The SMILES string of the molecule is NCc1nccc(Nc2ccc(Cl)cc2Cl)n1. The number of hydrogen-bond acceptors (Lipinski definition) is 4. The minimum absolute atomic E-state index is 0.296. The summed E-state index contributed by atoms with van der Waals surface area (Å²) in [5.74, 6) is 1.21. The van der Waals surface area contributed by atoms with E-state index in [9.17, 15) is 0 Å². The van der Waals surface area contributed by atoms with Gasteiger partial charge in [-0.25, -0.2) is 9.97 Å². The highest BCUT2D eigenvalue weighted by Crippen LogP contribution is 2.27. The molecule has 0 aliphatic heterocycles. The lowest BCUT2D eigenvalue weighted by molar-refractivity contribution is 0.912. The molecule has 2 rings (SSSR count). The molecule has 0 saturated carbocycles. The quantitative estimate of drug-likeness (QED) is 0.899. The van der Waals surface area contributed by atoms with Gasteiger partial charge in [0, 0.05) is 11.2 Å². The van der Waals surface area contributed by atoms with Gasteiger partial charge in [0.2, 0.25) is 0 Å². The van der Waals surface area contributed by atoms with E-state index < -0.39 is 0 Å². The molecule has 0 amide bonds. The fourth-order valence-electron chi connectivity index (χ4n) is 1.30. The number of anilines is 2. The third-order valence-electron chi connectivity index (χ3n) is 2.08. The van der Waals surface area contributed by atoms with Crippen molar-refractivity contribution < 1.29 is 0 Å². The highest BCUT2D eigenvalue weighted by molar-refractivity contribution is 6.36. The molecule has 0 aliphatic carbocycles. The predicted octanol–water partition coefficient (Wildman–Crippen LogP) is 2.99. The molecular weight excluding hydrogens is 259 g/mol. The Morgan fingerprint density at radius 3 is 2.76 bits per heavy atom. The predicted molar refractivity (Wildman–Crippen MR) is 69.7 cm³/mol. The molecule has 0 spiro atoms. The first-order valence-electron chi connectivity index (χ1n) is 4.93. The molecule has 0 saturated heterocycles. The average Bonchev–Trinajstić information content (AvgIpc) is 2.33. The van der Waals surface area contributed by atoms with Crippen LogP contribution in [0.15, 0.2) is 30.5 Å². The van der Waals surface area contributed by atoms with Crippen molar-refractivity contribution in [3.8, 4) is 0 Å². The van der Waals surface area contributed by atoms with Gasteiger partial charge in [-0.3, -0.25) is 0 Å². The third-order valence-corrected chi connectivity index (χ3v) is 2.63. The van der Waals surface area contributed by atoms with Gasteiger partial charge < -0.3 is 11.1 Å². The van der Waals surface area contributed by atoms with Crippen LogP contribution in [0, 0.1) is 0 Å². The van der Waals surface area contributed by atoms with Crippen molar-refractivity contribution in [2.45, 2.75) is 6.54 Å². The Bertz CT molecular complexity index is 531. The van der Waals surface area contributed by atoms with Crippen molar-refractivity contribution in [2.75, 3.05) is 5.32 Å². The lowest BCUT2D eigenvalue weighted by atomic mass is 10.3. The fourth-order valence-corrected chi connectivity index (χ4v) is 1.75. The molecule has 2 aromatic rings. The van der Waals surface area contributed by atoms with Crippen molar-refractivity contribution in [1.82, 2.24) is 9.97 Å². The Morgan fingerprint density at radius 2 is 2.06 bits per heavy atom. The Morgan fingerprint density at radius 1 is 1.24 bits per heavy atom. The minimum Gasteiger partial charge on any atom is -0.339 e. The molecule has 0 radical (unpaired) electrons. The van der Waals surface area contributed by atoms with Crippen LogP contribution in [0.25, 0.3) is 0 Å². The summed E-state index contributed by atoms with van der Waals surface area (Å²) in [4.78, 5) is 8.22. The summed E-state index contributed by atoms with van der Waals surface area (Å²) in [6.45, 7) is 0.296. The van der Waals surface area contributed by atoms with Crippen LogP contribution in [0.3, 0.4) is 0 Å². The number of benzene rings is 1. The zero-order chi connectivity index (χ0) is 12.3. The van der Waals surface area contributed by atoms with Crippen molar-refractivity contribution in [3.63, 3.8) is 0 Å². The number of nitrogens with one attached hydrogen (secondary N) is 1. The fraction of sp³-hybridized carbons (Fsp3) is 0.0909. The number of nitrogens with zero attached hydrogens (tertiary/aromatic N) is 2. The summed E-state index contributed by atoms with van der Waals surface area (Å²) in [6.07, 6.45) is 1.64. The lowest BCUT2D eigenvalue weighted by Crippen LogP contribution is -2.04. The standard InChI is InChI=1S/C11H10Cl2N4/c12-7-1-2-9(8(13)5-7)16-10-3-4-15-11(6-14)17-10/h1-5H,6,14H2,(H,15,16,17). The molecule has 0 unspecified atom stereocenters. The van der Waals surface area contributed by atoms with Crippen LogP contribution in [-0.4, -0.2) is 9.97 Å². The van der Waals surface area contributed by atoms with Crippen LogP contribution in [0.2, 0.25) is 10.0 Å². The van der Waals surface area contributed by atoms with Gasteiger partial charge >= 0.3 is 0 Å². The maximum atomic E-state index is 6.04. The molecule has 0 aliphatic rings. The first-order chi connectivity index (χ1) is 8.19. The molecule has 0 atom stereocenters. The second-order valence-corrected chi connectivity index (χ2v) is 4.16. The number of aromatic nitrogens is 2. The molecule has 0 bridgehead atoms. The maximum absolute atomic E-state index is 6.04. The molecule has 1 heterocycles. The van der Waals surface area contributed by atoms with Crippen molar-refractivity contribution >= 4 is 34.7 Å². The summed E-state index contributed by atoms with van der Waals surface area (Å²) < 4.78 is 0. The third kappa shape index (κ3) is 3.06. The zero-order valence-corrected chi connectivity index (χ0v) is 10.3. The van der Waals surface area contributed by atoms with Gasteiger partial charge in [0.05, 0.1) is 17.3 Å². The Kier molecular flexibility index (Phi) is 3.78. The van der Waals surface area contributed by atoms with Gasteiger partial charge in [0.1, 0.15) is 11.6 Å². The molecule has 1 aromatic carbocycles. The van der Waals surface area contributed by atoms with E-state index in [-0.39, 0.29) is 0 Å². The average molecular weight is 269 g/mol. The van der Waals surface area contributed by atoms with Crippen LogP contribution in [0.5, 0.6) is 0 Å². The highest BCUT2D eigenvalue weighted by atomic mass is 35.5. The maximum Gasteiger partial charge on any atom is 0.144 e. The smallest absolute Gasteiger partial charge is 0.144 e. The Balaban J connectivity index is 2.25. The molecule has 4 nitrogen and oxygen atoms in total. The Labute approximate surface area is 109 Å². The van der Waals surface area contributed by atoms with Gasteiger partial charge in [-0.15, -0.1) is 0 Å². The minimum atomic E-state index is 0.296. The van der Waals surface area contributed by atoms with E-state index in [0.29, 0.717) is 28.2 Å². The summed E-state index contributed by atoms with van der Waals surface area (Å²) in [5.41, 5.74) is 6.20. The van der Waals surface area contributed by atoms with Crippen molar-refractivity contribution in [2.24, 2.45) is 5.73 Å².